The van der Waals surface area contributed by atoms with Crippen LogP contribution in [0.2, 0.25) is 0 Å². The number of carbonyl (C=O) groups excluding carboxylic acids is 1. The maximum atomic E-state index is 13.2. The summed E-state index contributed by atoms with van der Waals surface area (Å²) in [5, 5.41) is 0. The van der Waals surface area contributed by atoms with Crippen LogP contribution in [0.1, 0.15) is 30.4 Å². The van der Waals surface area contributed by atoms with E-state index in [2.05, 4.69) is 17.0 Å². The number of rotatable bonds is 3. The van der Waals surface area contributed by atoms with Crippen molar-refractivity contribution in [1.82, 2.24) is 4.90 Å². The van der Waals surface area contributed by atoms with Crippen molar-refractivity contribution < 1.29 is 9.53 Å². The van der Waals surface area contributed by atoms with Gasteiger partial charge in [-0.25, -0.2) is 0 Å². The van der Waals surface area contributed by atoms with Crippen LogP contribution in [0.4, 0.5) is 0 Å². The molecule has 1 atom stereocenters. The first kappa shape index (κ1) is 15.0. The fraction of sp³-hybridized carbons (Fsp3) is 0.286. The molecule has 0 radical (unpaired) electrons. The van der Waals surface area contributed by atoms with Crippen molar-refractivity contribution in [2.75, 3.05) is 13.7 Å². The molecule has 1 saturated heterocycles. The van der Waals surface area contributed by atoms with Crippen molar-refractivity contribution in [3.05, 3.63) is 65.7 Å². The van der Waals surface area contributed by atoms with Crippen molar-refractivity contribution in [2.45, 2.75) is 25.3 Å². The SMILES string of the molecule is COc1ccc(C2=C(c3ccccc3)C(=O)N3CCCC3C2)cc1. The van der Waals surface area contributed by atoms with Crippen LogP contribution in [-0.2, 0) is 4.79 Å². The summed E-state index contributed by atoms with van der Waals surface area (Å²) in [6.45, 7) is 0.885. The molecule has 0 aromatic heterocycles. The fourth-order valence-electron chi connectivity index (χ4n) is 3.88. The molecule has 1 fully saturated rings. The largest absolute Gasteiger partial charge is 0.497 e. The molecule has 122 valence electrons. The average Bonchev–Trinajstić information content (AvgIpc) is 3.11. The molecule has 24 heavy (non-hydrogen) atoms. The quantitative estimate of drug-likeness (QED) is 0.856. The van der Waals surface area contributed by atoms with E-state index in [1.165, 1.54) is 0 Å². The second kappa shape index (κ2) is 6.16. The molecule has 0 bridgehead atoms. The molecule has 2 aromatic carbocycles. The lowest BCUT2D eigenvalue weighted by molar-refractivity contribution is -0.126. The number of nitrogens with zero attached hydrogens (tertiary/aromatic N) is 1. The molecule has 3 heteroatoms. The van der Waals surface area contributed by atoms with E-state index in [0.717, 1.165) is 53.8 Å². The Labute approximate surface area is 142 Å². The van der Waals surface area contributed by atoms with E-state index in [1.807, 2.05) is 42.5 Å². The maximum Gasteiger partial charge on any atom is 0.255 e. The summed E-state index contributed by atoms with van der Waals surface area (Å²) in [5.74, 6) is 1.02. The molecular formula is C21H21NO2. The third kappa shape index (κ3) is 2.50. The smallest absolute Gasteiger partial charge is 0.255 e. The Morgan fingerprint density at radius 3 is 2.46 bits per heavy atom. The second-order valence-electron chi connectivity index (χ2n) is 6.45. The Hall–Kier alpha value is -2.55. The van der Waals surface area contributed by atoms with Crippen LogP contribution < -0.4 is 4.74 Å². The number of carbonyl (C=O) groups is 1. The van der Waals surface area contributed by atoms with Gasteiger partial charge in [0.25, 0.3) is 5.91 Å². The van der Waals surface area contributed by atoms with E-state index in [9.17, 15) is 4.79 Å². The minimum Gasteiger partial charge on any atom is -0.497 e. The Morgan fingerprint density at radius 1 is 1.00 bits per heavy atom. The van der Waals surface area contributed by atoms with Gasteiger partial charge in [-0.15, -0.1) is 0 Å². The molecule has 3 nitrogen and oxygen atoms in total. The summed E-state index contributed by atoms with van der Waals surface area (Å²) < 4.78 is 5.27. The third-order valence-electron chi connectivity index (χ3n) is 5.09. The first-order valence-electron chi connectivity index (χ1n) is 8.52. The van der Waals surface area contributed by atoms with Gasteiger partial charge in [0.1, 0.15) is 5.75 Å². The van der Waals surface area contributed by atoms with Crippen LogP contribution in [0.5, 0.6) is 5.75 Å². The van der Waals surface area contributed by atoms with Crippen molar-refractivity contribution in [1.29, 1.82) is 0 Å². The predicted octanol–water partition coefficient (Wildman–Crippen LogP) is 4.00. The molecule has 2 aliphatic heterocycles. The highest BCUT2D eigenvalue weighted by atomic mass is 16.5. The molecule has 0 aliphatic carbocycles. The minimum atomic E-state index is 0.181. The number of hydrogen-bond donors (Lipinski definition) is 0. The number of amides is 1. The lowest BCUT2D eigenvalue weighted by Gasteiger charge is -2.33. The first-order valence-corrected chi connectivity index (χ1v) is 8.52. The van der Waals surface area contributed by atoms with Crippen molar-refractivity contribution in [3.63, 3.8) is 0 Å². The van der Waals surface area contributed by atoms with E-state index >= 15 is 0 Å². The Balaban J connectivity index is 1.86. The Morgan fingerprint density at radius 2 is 1.75 bits per heavy atom. The molecule has 0 saturated carbocycles. The zero-order valence-electron chi connectivity index (χ0n) is 13.9. The van der Waals surface area contributed by atoms with Gasteiger partial charge in [-0.1, -0.05) is 42.5 Å². The zero-order chi connectivity index (χ0) is 16.5. The highest BCUT2D eigenvalue weighted by Gasteiger charge is 2.37. The van der Waals surface area contributed by atoms with Crippen LogP contribution in [0.15, 0.2) is 54.6 Å². The minimum absolute atomic E-state index is 0.181. The molecule has 2 heterocycles. The van der Waals surface area contributed by atoms with Gasteiger partial charge in [-0.05, 0) is 48.1 Å². The molecule has 2 aromatic rings. The van der Waals surface area contributed by atoms with Crippen LogP contribution in [0, 0.1) is 0 Å². The topological polar surface area (TPSA) is 29.5 Å². The number of ether oxygens (including phenoxy) is 1. The van der Waals surface area contributed by atoms with Gasteiger partial charge >= 0.3 is 0 Å². The summed E-state index contributed by atoms with van der Waals surface area (Å²) in [4.78, 5) is 15.2. The van der Waals surface area contributed by atoms with Crippen molar-refractivity contribution in [3.8, 4) is 5.75 Å². The summed E-state index contributed by atoms with van der Waals surface area (Å²) >= 11 is 0. The highest BCUT2D eigenvalue weighted by Crippen LogP contribution is 2.40. The molecule has 2 aliphatic rings. The lowest BCUT2D eigenvalue weighted by atomic mass is 9.85. The van der Waals surface area contributed by atoms with Gasteiger partial charge in [0.2, 0.25) is 0 Å². The van der Waals surface area contributed by atoms with E-state index < -0.39 is 0 Å². The number of benzene rings is 2. The van der Waals surface area contributed by atoms with Gasteiger partial charge in [0.05, 0.1) is 12.7 Å². The third-order valence-corrected chi connectivity index (χ3v) is 5.09. The van der Waals surface area contributed by atoms with Crippen LogP contribution >= 0.6 is 0 Å². The molecular weight excluding hydrogens is 298 g/mol. The molecule has 0 N–H and O–H groups in total. The van der Waals surface area contributed by atoms with E-state index in [0.29, 0.717) is 6.04 Å². The summed E-state index contributed by atoms with van der Waals surface area (Å²) in [7, 11) is 1.67. The fourth-order valence-corrected chi connectivity index (χ4v) is 3.88. The zero-order valence-corrected chi connectivity index (χ0v) is 13.9. The van der Waals surface area contributed by atoms with Crippen LogP contribution in [0.25, 0.3) is 11.1 Å². The molecule has 1 unspecified atom stereocenters. The molecule has 4 rings (SSSR count). The van der Waals surface area contributed by atoms with Gasteiger partial charge in [-0.3, -0.25) is 4.79 Å². The standard InChI is InChI=1S/C21H21NO2/c1-24-18-11-9-15(10-12-18)19-14-17-8-5-13-22(17)21(23)20(19)16-6-3-2-4-7-16/h2-4,6-7,9-12,17H,5,8,13-14H2,1H3. The Kier molecular flexibility index (Phi) is 3.85. The lowest BCUT2D eigenvalue weighted by Crippen LogP contribution is -2.39. The van der Waals surface area contributed by atoms with Gasteiger partial charge in [-0.2, -0.15) is 0 Å². The average molecular weight is 319 g/mol. The van der Waals surface area contributed by atoms with E-state index in [4.69, 9.17) is 4.74 Å². The second-order valence-corrected chi connectivity index (χ2v) is 6.45. The van der Waals surface area contributed by atoms with Gasteiger partial charge in [0, 0.05) is 12.6 Å². The summed E-state index contributed by atoms with van der Waals surface area (Å²) in [6, 6.07) is 18.5. The monoisotopic (exact) mass is 319 g/mol. The Bertz CT molecular complexity index is 777. The van der Waals surface area contributed by atoms with Crippen molar-refractivity contribution in [2.24, 2.45) is 0 Å². The predicted molar refractivity (Wildman–Crippen MR) is 95.6 cm³/mol. The number of methoxy groups -OCH3 is 1. The van der Waals surface area contributed by atoms with E-state index in [-0.39, 0.29) is 5.91 Å². The van der Waals surface area contributed by atoms with E-state index in [1.54, 1.807) is 7.11 Å². The number of fused-ring (bicyclic) bond motifs is 1. The number of hydrogen-bond acceptors (Lipinski definition) is 2. The molecule has 1 amide bonds. The van der Waals surface area contributed by atoms with Gasteiger partial charge in [0.15, 0.2) is 0 Å². The van der Waals surface area contributed by atoms with Crippen LogP contribution in [0.3, 0.4) is 0 Å². The van der Waals surface area contributed by atoms with Gasteiger partial charge < -0.3 is 9.64 Å². The van der Waals surface area contributed by atoms with Crippen LogP contribution in [-0.4, -0.2) is 30.5 Å². The first-order chi connectivity index (χ1) is 11.8. The summed E-state index contributed by atoms with van der Waals surface area (Å²) in [5.41, 5.74) is 4.16. The normalized spacial score (nSPS) is 20.3. The summed E-state index contributed by atoms with van der Waals surface area (Å²) in [6.07, 6.45) is 3.14. The maximum absolute atomic E-state index is 13.2. The highest BCUT2D eigenvalue weighted by molar-refractivity contribution is 6.28. The van der Waals surface area contributed by atoms with Crippen molar-refractivity contribution >= 4 is 17.1 Å². The molecule has 0 spiro atoms.